The van der Waals surface area contributed by atoms with Crippen molar-refractivity contribution in [3.05, 3.63) is 54.1 Å². The quantitative estimate of drug-likeness (QED) is 0.292. The number of halogens is 3. The fraction of sp³-hybridized carbons (Fsp3) is 0.462. The van der Waals surface area contributed by atoms with E-state index >= 15 is 0 Å². The molecular formula is C26H30F3N5O. The largest absolute Gasteiger partial charge is 0.396 e. The standard InChI is InChI=1S/C26H30F3N5O/c1-17(30)25-23(31)12-19(21-6-5-20(27)14-22(21)18-4-2-8-32-15-18)13-24(25)33-35-11-3-9-34-10-7-26(28,29)16-34/h2,4-6,8,14-15,19,25,30-31H,3,7,9-13,16H2,1H3. The Labute approximate surface area is 203 Å². The van der Waals surface area contributed by atoms with Crippen LogP contribution in [0.2, 0.25) is 0 Å². The summed E-state index contributed by atoms with van der Waals surface area (Å²) in [6.07, 6.45) is 4.71. The number of aromatic nitrogens is 1. The molecule has 0 spiro atoms. The van der Waals surface area contributed by atoms with Gasteiger partial charge in [-0.1, -0.05) is 17.3 Å². The van der Waals surface area contributed by atoms with Crippen molar-refractivity contribution in [1.29, 1.82) is 10.8 Å². The predicted octanol–water partition coefficient (Wildman–Crippen LogP) is 5.54. The number of rotatable bonds is 8. The van der Waals surface area contributed by atoms with Crippen LogP contribution in [0.1, 0.15) is 44.1 Å². The molecule has 2 fully saturated rings. The van der Waals surface area contributed by atoms with Gasteiger partial charge in [-0.3, -0.25) is 9.88 Å². The third-order valence-electron chi connectivity index (χ3n) is 6.60. The second kappa shape index (κ2) is 10.7. The molecule has 0 bridgehead atoms. The second-order valence-electron chi connectivity index (χ2n) is 9.37. The summed E-state index contributed by atoms with van der Waals surface area (Å²) in [5, 5.41) is 21.1. The van der Waals surface area contributed by atoms with Crippen LogP contribution in [-0.2, 0) is 4.84 Å². The van der Waals surface area contributed by atoms with E-state index in [1.807, 2.05) is 6.07 Å². The van der Waals surface area contributed by atoms with Crippen LogP contribution in [-0.4, -0.2) is 59.2 Å². The minimum absolute atomic E-state index is 0.107. The smallest absolute Gasteiger partial charge is 0.261 e. The Hall–Kier alpha value is -3.07. The van der Waals surface area contributed by atoms with Crippen molar-refractivity contribution < 1.29 is 18.0 Å². The summed E-state index contributed by atoms with van der Waals surface area (Å²) < 4.78 is 40.8. The van der Waals surface area contributed by atoms with Gasteiger partial charge in [0, 0.05) is 48.9 Å². The molecule has 6 nitrogen and oxygen atoms in total. The molecule has 1 saturated carbocycles. The summed E-state index contributed by atoms with van der Waals surface area (Å²) in [5.41, 5.74) is 3.70. The Morgan fingerprint density at radius 2 is 2.11 bits per heavy atom. The van der Waals surface area contributed by atoms with Crippen LogP contribution in [0.4, 0.5) is 13.2 Å². The number of pyridine rings is 1. The van der Waals surface area contributed by atoms with Crippen LogP contribution in [0.25, 0.3) is 11.1 Å². The highest BCUT2D eigenvalue weighted by molar-refractivity contribution is 6.23. The Morgan fingerprint density at radius 1 is 1.29 bits per heavy atom. The lowest BCUT2D eigenvalue weighted by Gasteiger charge is -2.31. The molecular weight excluding hydrogens is 455 g/mol. The first-order valence-corrected chi connectivity index (χ1v) is 11.8. The van der Waals surface area contributed by atoms with Crippen LogP contribution in [0, 0.1) is 22.6 Å². The molecule has 0 radical (unpaired) electrons. The predicted molar refractivity (Wildman–Crippen MR) is 130 cm³/mol. The molecule has 2 aliphatic rings. The van der Waals surface area contributed by atoms with Gasteiger partial charge in [0.15, 0.2) is 0 Å². The molecule has 186 valence electrons. The molecule has 2 atom stereocenters. The van der Waals surface area contributed by atoms with Crippen LogP contribution in [0.3, 0.4) is 0 Å². The van der Waals surface area contributed by atoms with Crippen molar-refractivity contribution in [2.45, 2.75) is 44.4 Å². The zero-order chi connectivity index (χ0) is 25.0. The van der Waals surface area contributed by atoms with Crippen LogP contribution in [0.15, 0.2) is 47.9 Å². The highest BCUT2D eigenvalue weighted by atomic mass is 19.3. The lowest BCUT2D eigenvalue weighted by molar-refractivity contribution is 0.0113. The molecule has 2 aromatic rings. The van der Waals surface area contributed by atoms with Crippen molar-refractivity contribution >= 4 is 17.1 Å². The first-order valence-electron chi connectivity index (χ1n) is 11.8. The van der Waals surface area contributed by atoms with Crippen LogP contribution >= 0.6 is 0 Å². The van der Waals surface area contributed by atoms with E-state index < -0.39 is 11.8 Å². The molecule has 2 unspecified atom stereocenters. The normalized spacial score (nSPS) is 23.5. The van der Waals surface area contributed by atoms with E-state index in [2.05, 4.69) is 10.1 Å². The average molecular weight is 486 g/mol. The number of likely N-dealkylation sites (tertiary alicyclic amines) is 1. The molecule has 1 saturated heterocycles. The van der Waals surface area contributed by atoms with Gasteiger partial charge in [-0.15, -0.1) is 0 Å². The third-order valence-corrected chi connectivity index (χ3v) is 6.60. The SMILES string of the molecule is CC(=N)C1C(=N)CC(c2ccc(F)cc2-c2cccnc2)CC1=NOCCCN1CCC(F)(F)C1. The highest BCUT2D eigenvalue weighted by Gasteiger charge is 2.38. The minimum atomic E-state index is -2.61. The van der Waals surface area contributed by atoms with Gasteiger partial charge >= 0.3 is 0 Å². The van der Waals surface area contributed by atoms with E-state index in [4.69, 9.17) is 15.7 Å². The maximum absolute atomic E-state index is 14.1. The maximum Gasteiger partial charge on any atom is 0.261 e. The van der Waals surface area contributed by atoms with Gasteiger partial charge in [0.2, 0.25) is 0 Å². The van der Waals surface area contributed by atoms with Crippen molar-refractivity contribution in [3.8, 4) is 11.1 Å². The molecule has 0 amide bonds. The van der Waals surface area contributed by atoms with Gasteiger partial charge in [-0.05, 0) is 61.4 Å². The number of hydrogen-bond acceptors (Lipinski definition) is 6. The molecule has 1 aliphatic heterocycles. The minimum Gasteiger partial charge on any atom is -0.396 e. The molecule has 1 aliphatic carbocycles. The lowest BCUT2D eigenvalue weighted by atomic mass is 9.73. The number of benzene rings is 1. The number of hydrogen-bond donors (Lipinski definition) is 2. The number of alkyl halides is 2. The van der Waals surface area contributed by atoms with Crippen molar-refractivity contribution in [2.75, 3.05) is 26.2 Å². The van der Waals surface area contributed by atoms with Gasteiger partial charge < -0.3 is 15.7 Å². The first-order chi connectivity index (χ1) is 16.7. The molecule has 4 rings (SSSR count). The second-order valence-corrected chi connectivity index (χ2v) is 9.37. The molecule has 2 heterocycles. The van der Waals surface area contributed by atoms with Gasteiger partial charge in [0.1, 0.15) is 12.4 Å². The Kier molecular flexibility index (Phi) is 7.64. The Morgan fingerprint density at radius 3 is 2.80 bits per heavy atom. The van der Waals surface area contributed by atoms with E-state index in [1.165, 1.54) is 12.1 Å². The fourth-order valence-corrected chi connectivity index (χ4v) is 4.98. The number of nitrogens with zero attached hydrogens (tertiary/aromatic N) is 3. The summed E-state index contributed by atoms with van der Waals surface area (Å²) >= 11 is 0. The van der Waals surface area contributed by atoms with Crippen molar-refractivity contribution in [1.82, 2.24) is 9.88 Å². The van der Waals surface area contributed by atoms with Crippen molar-refractivity contribution in [2.24, 2.45) is 11.1 Å². The monoisotopic (exact) mass is 485 g/mol. The summed E-state index contributed by atoms with van der Waals surface area (Å²) in [6.45, 7) is 2.60. The highest BCUT2D eigenvalue weighted by Crippen LogP contribution is 2.38. The number of nitrogens with one attached hydrogen (secondary N) is 2. The Bertz CT molecular complexity index is 1110. The molecule has 1 aromatic heterocycles. The summed E-state index contributed by atoms with van der Waals surface area (Å²) in [4.78, 5) is 11.4. The zero-order valence-corrected chi connectivity index (χ0v) is 19.7. The zero-order valence-electron chi connectivity index (χ0n) is 19.7. The van der Waals surface area contributed by atoms with Gasteiger partial charge in [-0.2, -0.15) is 0 Å². The van der Waals surface area contributed by atoms with Gasteiger partial charge in [0.05, 0.1) is 18.2 Å². The van der Waals surface area contributed by atoms with Crippen molar-refractivity contribution in [3.63, 3.8) is 0 Å². The van der Waals surface area contributed by atoms with E-state index in [-0.39, 0.29) is 31.3 Å². The van der Waals surface area contributed by atoms with Crippen LogP contribution < -0.4 is 0 Å². The summed E-state index contributed by atoms with van der Waals surface area (Å²) in [7, 11) is 0. The molecule has 2 N–H and O–H groups in total. The maximum atomic E-state index is 14.1. The van der Waals surface area contributed by atoms with E-state index in [0.717, 1.165) is 16.7 Å². The van der Waals surface area contributed by atoms with E-state index in [0.29, 0.717) is 49.5 Å². The van der Waals surface area contributed by atoms with E-state index in [9.17, 15) is 13.2 Å². The third kappa shape index (κ3) is 6.14. The summed E-state index contributed by atoms with van der Waals surface area (Å²) in [5.74, 6) is -3.60. The molecule has 1 aromatic carbocycles. The Balaban J connectivity index is 1.48. The van der Waals surface area contributed by atoms with Gasteiger partial charge in [-0.25, -0.2) is 13.2 Å². The van der Waals surface area contributed by atoms with E-state index in [1.54, 1.807) is 36.4 Å². The molecule has 9 heteroatoms. The summed E-state index contributed by atoms with van der Waals surface area (Å²) in [6, 6.07) is 8.32. The lowest BCUT2D eigenvalue weighted by Crippen LogP contribution is -2.37. The fourth-order valence-electron chi connectivity index (χ4n) is 4.98. The number of oxime groups is 1. The topological polar surface area (TPSA) is 85.4 Å². The average Bonchev–Trinajstić information content (AvgIpc) is 3.17. The van der Waals surface area contributed by atoms with Crippen LogP contribution in [0.5, 0.6) is 0 Å². The molecule has 35 heavy (non-hydrogen) atoms. The first kappa shape index (κ1) is 25.0. The van der Waals surface area contributed by atoms with Gasteiger partial charge in [0.25, 0.3) is 5.92 Å².